The van der Waals surface area contributed by atoms with Crippen LogP contribution in [-0.4, -0.2) is 48.3 Å². The van der Waals surface area contributed by atoms with E-state index in [0.717, 1.165) is 12.3 Å². The van der Waals surface area contributed by atoms with Crippen molar-refractivity contribution in [3.63, 3.8) is 0 Å². The molecule has 1 rings (SSSR count). The van der Waals surface area contributed by atoms with Gasteiger partial charge in [0.2, 0.25) is 0 Å². The average molecular weight is 270 g/mol. The Bertz CT molecular complexity index is 241. The number of likely N-dealkylation sites (tertiary alicyclic amines) is 1. The lowest BCUT2D eigenvalue weighted by atomic mass is 9.93. The van der Waals surface area contributed by atoms with E-state index in [1.807, 2.05) is 7.05 Å². The van der Waals surface area contributed by atoms with Crippen molar-refractivity contribution in [1.29, 1.82) is 0 Å². The third-order valence-electron chi connectivity index (χ3n) is 4.90. The number of hydrogen-bond acceptors (Lipinski definition) is 3. The first-order valence-corrected chi connectivity index (χ1v) is 8.08. The average Bonchev–Trinajstić information content (AvgIpc) is 2.65. The molecule has 0 aliphatic carbocycles. The summed E-state index contributed by atoms with van der Waals surface area (Å²) in [6.45, 7) is 9.39. The van der Waals surface area contributed by atoms with Gasteiger partial charge in [-0.05, 0) is 65.6 Å². The number of nitrogens with zero attached hydrogens (tertiary/aromatic N) is 1. The van der Waals surface area contributed by atoms with Crippen molar-refractivity contribution in [3.05, 3.63) is 0 Å². The fourth-order valence-corrected chi connectivity index (χ4v) is 3.35. The van der Waals surface area contributed by atoms with Gasteiger partial charge in [0.25, 0.3) is 0 Å². The van der Waals surface area contributed by atoms with Gasteiger partial charge in [-0.25, -0.2) is 0 Å². The maximum atomic E-state index is 9.52. The number of likely N-dealkylation sites (N-methyl/N-ethyl adjacent to an activating group) is 1. The highest BCUT2D eigenvalue weighted by Crippen LogP contribution is 2.25. The van der Waals surface area contributed by atoms with Gasteiger partial charge in [0.15, 0.2) is 0 Å². The van der Waals surface area contributed by atoms with Gasteiger partial charge in [0.1, 0.15) is 0 Å². The van der Waals surface area contributed by atoms with Crippen molar-refractivity contribution in [1.82, 2.24) is 10.2 Å². The standard InChI is InChI=1S/C16H34N2O/c1-5-7-15-8-6-10-18(11-9-15)14(2)12-16(3,13-19)17-4/h14-15,17,19H,5-13H2,1-4H3. The smallest absolute Gasteiger partial charge is 0.0611 e. The van der Waals surface area contributed by atoms with E-state index >= 15 is 0 Å². The molecule has 0 saturated carbocycles. The number of aliphatic hydroxyl groups excluding tert-OH is 1. The van der Waals surface area contributed by atoms with Crippen molar-refractivity contribution in [2.45, 2.75) is 70.9 Å². The Morgan fingerprint density at radius 3 is 2.68 bits per heavy atom. The lowest BCUT2D eigenvalue weighted by molar-refractivity contribution is 0.120. The molecule has 0 amide bonds. The van der Waals surface area contributed by atoms with Gasteiger partial charge in [-0.3, -0.25) is 0 Å². The van der Waals surface area contributed by atoms with E-state index in [1.165, 1.54) is 45.2 Å². The SMILES string of the molecule is CCCC1CCCN(C(C)CC(C)(CO)NC)CC1. The van der Waals surface area contributed by atoms with E-state index in [1.54, 1.807) is 0 Å². The minimum atomic E-state index is -0.144. The van der Waals surface area contributed by atoms with Crippen LogP contribution < -0.4 is 5.32 Å². The molecule has 0 aromatic heterocycles. The Balaban J connectivity index is 2.46. The molecular weight excluding hydrogens is 236 g/mol. The molecule has 3 nitrogen and oxygen atoms in total. The molecule has 1 fully saturated rings. The van der Waals surface area contributed by atoms with Crippen LogP contribution >= 0.6 is 0 Å². The van der Waals surface area contributed by atoms with Crippen LogP contribution in [0.25, 0.3) is 0 Å². The highest BCUT2D eigenvalue weighted by molar-refractivity contribution is 4.86. The summed E-state index contributed by atoms with van der Waals surface area (Å²) >= 11 is 0. The predicted molar refractivity (Wildman–Crippen MR) is 82.5 cm³/mol. The van der Waals surface area contributed by atoms with Gasteiger partial charge in [-0.1, -0.05) is 19.8 Å². The Morgan fingerprint density at radius 1 is 1.37 bits per heavy atom. The van der Waals surface area contributed by atoms with Gasteiger partial charge in [0.05, 0.1) is 6.61 Å². The van der Waals surface area contributed by atoms with Crippen molar-refractivity contribution >= 4 is 0 Å². The van der Waals surface area contributed by atoms with Crippen LogP contribution in [0.2, 0.25) is 0 Å². The van der Waals surface area contributed by atoms with Crippen LogP contribution in [0.1, 0.15) is 59.3 Å². The molecule has 3 atom stereocenters. The molecule has 0 radical (unpaired) electrons. The second-order valence-corrected chi connectivity index (χ2v) is 6.64. The second kappa shape index (κ2) is 8.23. The lowest BCUT2D eigenvalue weighted by Gasteiger charge is -2.35. The van der Waals surface area contributed by atoms with Gasteiger partial charge in [-0.2, -0.15) is 0 Å². The fourth-order valence-electron chi connectivity index (χ4n) is 3.35. The number of nitrogens with one attached hydrogen (secondary N) is 1. The fraction of sp³-hybridized carbons (Fsp3) is 1.00. The third kappa shape index (κ3) is 5.41. The van der Waals surface area contributed by atoms with Gasteiger partial charge in [0, 0.05) is 11.6 Å². The first kappa shape index (κ1) is 16.9. The van der Waals surface area contributed by atoms with Crippen LogP contribution in [0, 0.1) is 5.92 Å². The quantitative estimate of drug-likeness (QED) is 0.746. The number of aliphatic hydroxyl groups is 1. The maximum Gasteiger partial charge on any atom is 0.0611 e. The number of rotatable bonds is 7. The van der Waals surface area contributed by atoms with Crippen LogP contribution in [0.4, 0.5) is 0 Å². The summed E-state index contributed by atoms with van der Waals surface area (Å²) in [5.41, 5.74) is -0.144. The lowest BCUT2D eigenvalue weighted by Crippen LogP contribution is -2.49. The molecule has 1 heterocycles. The first-order valence-electron chi connectivity index (χ1n) is 8.08. The van der Waals surface area contributed by atoms with Crippen molar-refractivity contribution < 1.29 is 5.11 Å². The molecule has 2 N–H and O–H groups in total. The van der Waals surface area contributed by atoms with Gasteiger partial charge >= 0.3 is 0 Å². The summed E-state index contributed by atoms with van der Waals surface area (Å²) < 4.78 is 0. The van der Waals surface area contributed by atoms with E-state index in [2.05, 4.69) is 31.0 Å². The summed E-state index contributed by atoms with van der Waals surface area (Å²) in [7, 11) is 1.95. The summed E-state index contributed by atoms with van der Waals surface area (Å²) in [6.07, 6.45) is 7.83. The molecule has 1 saturated heterocycles. The second-order valence-electron chi connectivity index (χ2n) is 6.64. The molecule has 0 aromatic carbocycles. The molecule has 0 spiro atoms. The van der Waals surface area contributed by atoms with E-state index in [-0.39, 0.29) is 12.1 Å². The molecule has 19 heavy (non-hydrogen) atoms. The number of hydrogen-bond donors (Lipinski definition) is 2. The Morgan fingerprint density at radius 2 is 2.11 bits per heavy atom. The van der Waals surface area contributed by atoms with E-state index in [4.69, 9.17) is 0 Å². The summed E-state index contributed by atoms with van der Waals surface area (Å²) in [4.78, 5) is 2.63. The van der Waals surface area contributed by atoms with E-state index < -0.39 is 0 Å². The van der Waals surface area contributed by atoms with Crippen LogP contribution in [0.15, 0.2) is 0 Å². The zero-order valence-corrected chi connectivity index (χ0v) is 13.4. The first-order chi connectivity index (χ1) is 9.04. The Labute approximate surface area is 119 Å². The van der Waals surface area contributed by atoms with Gasteiger partial charge < -0.3 is 15.3 Å². The molecule has 0 aromatic rings. The van der Waals surface area contributed by atoms with Crippen LogP contribution in [-0.2, 0) is 0 Å². The minimum Gasteiger partial charge on any atom is -0.394 e. The van der Waals surface area contributed by atoms with Crippen LogP contribution in [0.3, 0.4) is 0 Å². The zero-order valence-electron chi connectivity index (χ0n) is 13.4. The zero-order chi connectivity index (χ0) is 14.3. The Kier molecular flexibility index (Phi) is 7.33. The molecule has 1 aliphatic heterocycles. The highest BCUT2D eigenvalue weighted by Gasteiger charge is 2.27. The molecule has 3 unspecified atom stereocenters. The van der Waals surface area contributed by atoms with Crippen molar-refractivity contribution in [2.24, 2.45) is 5.92 Å². The molecule has 114 valence electrons. The van der Waals surface area contributed by atoms with Crippen molar-refractivity contribution in [3.8, 4) is 0 Å². The molecule has 3 heteroatoms. The van der Waals surface area contributed by atoms with E-state index in [9.17, 15) is 5.11 Å². The molecule has 1 aliphatic rings. The monoisotopic (exact) mass is 270 g/mol. The summed E-state index contributed by atoms with van der Waals surface area (Å²) in [5, 5.41) is 12.8. The molecule has 0 bridgehead atoms. The normalized spacial score (nSPS) is 26.7. The predicted octanol–water partition coefficient (Wildman–Crippen LogP) is 2.64. The largest absolute Gasteiger partial charge is 0.394 e. The summed E-state index contributed by atoms with van der Waals surface area (Å²) in [6, 6.07) is 0.546. The topological polar surface area (TPSA) is 35.5 Å². The molecular formula is C16H34N2O. The van der Waals surface area contributed by atoms with Crippen LogP contribution in [0.5, 0.6) is 0 Å². The van der Waals surface area contributed by atoms with E-state index in [0.29, 0.717) is 6.04 Å². The van der Waals surface area contributed by atoms with Gasteiger partial charge in [-0.15, -0.1) is 0 Å². The third-order valence-corrected chi connectivity index (χ3v) is 4.90. The van der Waals surface area contributed by atoms with Crippen molar-refractivity contribution in [2.75, 3.05) is 26.7 Å². The Hall–Kier alpha value is -0.120. The maximum absolute atomic E-state index is 9.52. The highest BCUT2D eigenvalue weighted by atomic mass is 16.3. The summed E-state index contributed by atoms with van der Waals surface area (Å²) in [5.74, 6) is 0.940. The minimum absolute atomic E-state index is 0.144.